The molecule has 0 aromatic carbocycles. The van der Waals surface area contributed by atoms with Gasteiger partial charge in [0.1, 0.15) is 5.82 Å². The zero-order chi connectivity index (χ0) is 16.6. The maximum Gasteiger partial charge on any atom is 0.354 e. The Labute approximate surface area is 132 Å². The van der Waals surface area contributed by atoms with Crippen molar-refractivity contribution in [3.8, 4) is 0 Å². The number of likely N-dealkylation sites (tertiary alicyclic amines) is 1. The summed E-state index contributed by atoms with van der Waals surface area (Å²) in [6, 6.07) is 6.21. The smallest absolute Gasteiger partial charge is 0.354 e. The number of hydrogen-bond donors (Lipinski definition) is 2. The molecule has 8 nitrogen and oxygen atoms in total. The lowest BCUT2D eigenvalue weighted by Crippen LogP contribution is -2.31. The minimum Gasteiger partial charge on any atom is -0.477 e. The summed E-state index contributed by atoms with van der Waals surface area (Å²) in [7, 11) is 3.58. The molecule has 1 amide bonds. The molecule has 1 fully saturated rings. The summed E-state index contributed by atoms with van der Waals surface area (Å²) < 4.78 is 1.73. The Morgan fingerprint density at radius 1 is 1.35 bits per heavy atom. The number of likely N-dealkylation sites (N-methyl/N-ethyl adjacent to an activating group) is 1. The molecule has 23 heavy (non-hydrogen) atoms. The highest BCUT2D eigenvalue weighted by Gasteiger charge is 2.40. The van der Waals surface area contributed by atoms with Crippen LogP contribution in [0.2, 0.25) is 0 Å². The summed E-state index contributed by atoms with van der Waals surface area (Å²) in [5, 5.41) is 16.4. The van der Waals surface area contributed by atoms with Crippen LogP contribution in [0.5, 0.6) is 0 Å². The third-order valence-corrected chi connectivity index (χ3v) is 4.05. The number of anilines is 1. The van der Waals surface area contributed by atoms with E-state index in [2.05, 4.69) is 15.4 Å². The molecule has 2 atom stereocenters. The van der Waals surface area contributed by atoms with Gasteiger partial charge in [0.05, 0.1) is 17.8 Å². The fourth-order valence-corrected chi connectivity index (χ4v) is 2.90. The Hall–Kier alpha value is -2.90. The Morgan fingerprint density at radius 3 is 2.78 bits per heavy atom. The van der Waals surface area contributed by atoms with Gasteiger partial charge in [0.15, 0.2) is 5.69 Å². The van der Waals surface area contributed by atoms with Crippen LogP contribution >= 0.6 is 0 Å². The molecule has 2 N–H and O–H groups in total. The molecule has 3 rings (SSSR count). The van der Waals surface area contributed by atoms with Gasteiger partial charge in [0.2, 0.25) is 5.91 Å². The van der Waals surface area contributed by atoms with Crippen molar-refractivity contribution in [2.45, 2.75) is 18.5 Å². The molecule has 120 valence electrons. The molecular formula is C15H17N5O3. The van der Waals surface area contributed by atoms with Crippen LogP contribution in [0.25, 0.3) is 0 Å². The first-order valence-electron chi connectivity index (χ1n) is 7.18. The SMILES string of the molecule is CN1C(=O)C[C@@H](Nc2cccc(C(=O)O)n2)[C@@H]1c1ccnn1C. The van der Waals surface area contributed by atoms with Crippen LogP contribution in [-0.4, -0.2) is 49.7 Å². The Bertz CT molecular complexity index is 757. The average molecular weight is 315 g/mol. The molecule has 1 saturated heterocycles. The Morgan fingerprint density at radius 2 is 2.13 bits per heavy atom. The van der Waals surface area contributed by atoms with Crippen molar-refractivity contribution in [2.75, 3.05) is 12.4 Å². The highest BCUT2D eigenvalue weighted by Crippen LogP contribution is 2.33. The lowest BCUT2D eigenvalue weighted by Gasteiger charge is -2.26. The van der Waals surface area contributed by atoms with Crippen LogP contribution in [0.4, 0.5) is 5.82 Å². The van der Waals surface area contributed by atoms with Gasteiger partial charge in [-0.15, -0.1) is 0 Å². The Balaban J connectivity index is 1.89. The minimum atomic E-state index is -1.09. The number of nitrogens with zero attached hydrogens (tertiary/aromatic N) is 4. The number of aryl methyl sites for hydroxylation is 1. The third kappa shape index (κ3) is 2.75. The van der Waals surface area contributed by atoms with Gasteiger partial charge in [-0.05, 0) is 18.2 Å². The standard InChI is InChI=1S/C15H17N5O3/c1-19-13(21)8-10(14(19)11-6-7-16-20(11)2)18-12-5-3-4-9(17-12)15(22)23/h3-7,10,14H,8H2,1-2H3,(H,17,18)(H,22,23)/t10-,14-/m1/s1. The maximum absolute atomic E-state index is 12.1. The molecule has 8 heteroatoms. The van der Waals surface area contributed by atoms with E-state index in [1.54, 1.807) is 35.0 Å². The molecule has 0 bridgehead atoms. The van der Waals surface area contributed by atoms with Gasteiger partial charge in [0.25, 0.3) is 0 Å². The predicted molar refractivity (Wildman–Crippen MR) is 81.9 cm³/mol. The van der Waals surface area contributed by atoms with E-state index in [0.29, 0.717) is 12.2 Å². The van der Waals surface area contributed by atoms with Gasteiger partial charge in [-0.25, -0.2) is 9.78 Å². The highest BCUT2D eigenvalue weighted by molar-refractivity contribution is 5.85. The summed E-state index contributed by atoms with van der Waals surface area (Å²) in [5.74, 6) is -0.635. The van der Waals surface area contributed by atoms with E-state index in [-0.39, 0.29) is 23.7 Å². The number of rotatable bonds is 4. The first-order valence-corrected chi connectivity index (χ1v) is 7.18. The van der Waals surface area contributed by atoms with E-state index < -0.39 is 5.97 Å². The molecule has 2 aromatic rings. The number of aromatic nitrogens is 3. The first kappa shape index (κ1) is 15.0. The number of amides is 1. The van der Waals surface area contributed by atoms with Crippen LogP contribution in [0.15, 0.2) is 30.5 Å². The fourth-order valence-electron chi connectivity index (χ4n) is 2.90. The zero-order valence-electron chi connectivity index (χ0n) is 12.8. The number of hydrogen-bond acceptors (Lipinski definition) is 5. The summed E-state index contributed by atoms with van der Waals surface area (Å²) in [6.45, 7) is 0. The van der Waals surface area contributed by atoms with Crippen LogP contribution in [0.3, 0.4) is 0 Å². The van der Waals surface area contributed by atoms with Crippen molar-refractivity contribution in [3.63, 3.8) is 0 Å². The van der Waals surface area contributed by atoms with Crippen molar-refractivity contribution in [1.29, 1.82) is 0 Å². The van der Waals surface area contributed by atoms with E-state index in [1.165, 1.54) is 6.07 Å². The van der Waals surface area contributed by atoms with Crippen molar-refractivity contribution < 1.29 is 14.7 Å². The third-order valence-electron chi connectivity index (χ3n) is 4.05. The molecule has 0 saturated carbocycles. The fraction of sp³-hybridized carbons (Fsp3) is 0.333. The summed E-state index contributed by atoms with van der Waals surface area (Å²) in [5.41, 5.74) is 0.870. The maximum atomic E-state index is 12.1. The van der Waals surface area contributed by atoms with Gasteiger partial charge < -0.3 is 15.3 Å². The van der Waals surface area contributed by atoms with Crippen LogP contribution in [0.1, 0.15) is 28.6 Å². The predicted octanol–water partition coefficient (Wildman–Crippen LogP) is 0.897. The Kier molecular flexibility index (Phi) is 3.73. The van der Waals surface area contributed by atoms with E-state index in [4.69, 9.17) is 5.11 Å². The molecule has 0 spiro atoms. The van der Waals surface area contributed by atoms with Gasteiger partial charge in [-0.2, -0.15) is 5.10 Å². The normalized spacial score (nSPS) is 20.8. The number of carboxylic acid groups (broad SMARTS) is 1. The van der Waals surface area contributed by atoms with Gasteiger partial charge in [-0.3, -0.25) is 9.48 Å². The van der Waals surface area contributed by atoms with Crippen LogP contribution in [0, 0.1) is 0 Å². The molecular weight excluding hydrogens is 298 g/mol. The number of carbonyl (C=O) groups excluding carboxylic acids is 1. The largest absolute Gasteiger partial charge is 0.477 e. The monoisotopic (exact) mass is 315 g/mol. The van der Waals surface area contributed by atoms with Crippen molar-refractivity contribution in [1.82, 2.24) is 19.7 Å². The number of carbonyl (C=O) groups is 2. The molecule has 0 radical (unpaired) electrons. The number of nitrogens with one attached hydrogen (secondary N) is 1. The zero-order valence-corrected chi connectivity index (χ0v) is 12.8. The molecule has 3 heterocycles. The van der Waals surface area contributed by atoms with Crippen molar-refractivity contribution >= 4 is 17.7 Å². The van der Waals surface area contributed by atoms with E-state index in [0.717, 1.165) is 5.69 Å². The van der Waals surface area contributed by atoms with Crippen molar-refractivity contribution in [3.05, 3.63) is 41.9 Å². The molecule has 1 aliphatic rings. The molecule has 0 unspecified atom stereocenters. The van der Waals surface area contributed by atoms with E-state index in [9.17, 15) is 9.59 Å². The second-order valence-electron chi connectivity index (χ2n) is 5.50. The summed E-state index contributed by atoms with van der Waals surface area (Å²) in [6.07, 6.45) is 2.00. The highest BCUT2D eigenvalue weighted by atomic mass is 16.4. The molecule has 2 aromatic heterocycles. The summed E-state index contributed by atoms with van der Waals surface area (Å²) >= 11 is 0. The van der Waals surface area contributed by atoms with Crippen LogP contribution in [-0.2, 0) is 11.8 Å². The van der Waals surface area contributed by atoms with Gasteiger partial charge in [-0.1, -0.05) is 6.07 Å². The number of pyridine rings is 1. The second kappa shape index (κ2) is 5.71. The lowest BCUT2D eigenvalue weighted by atomic mass is 10.1. The number of carboxylic acids is 1. The topological polar surface area (TPSA) is 100 Å². The first-order chi connectivity index (χ1) is 11.0. The van der Waals surface area contributed by atoms with Gasteiger partial charge in [0, 0.05) is 26.7 Å². The minimum absolute atomic E-state index is 0.0167. The van der Waals surface area contributed by atoms with E-state index >= 15 is 0 Å². The molecule has 0 aliphatic carbocycles. The number of aromatic carboxylic acids is 1. The van der Waals surface area contributed by atoms with E-state index in [1.807, 2.05) is 13.1 Å². The molecule has 1 aliphatic heterocycles. The quantitative estimate of drug-likeness (QED) is 0.869. The lowest BCUT2D eigenvalue weighted by molar-refractivity contribution is -0.127. The van der Waals surface area contributed by atoms with Crippen molar-refractivity contribution in [2.24, 2.45) is 7.05 Å². The van der Waals surface area contributed by atoms with Gasteiger partial charge >= 0.3 is 5.97 Å². The average Bonchev–Trinajstić information content (AvgIpc) is 3.04. The van der Waals surface area contributed by atoms with Crippen LogP contribution < -0.4 is 5.32 Å². The second-order valence-corrected chi connectivity index (χ2v) is 5.50. The summed E-state index contributed by atoms with van der Waals surface area (Å²) in [4.78, 5) is 28.9.